The molecule has 21 heavy (non-hydrogen) atoms. The third kappa shape index (κ3) is 2.50. The smallest absolute Gasteiger partial charge is 0.272 e. The third-order valence-electron chi connectivity index (χ3n) is 3.31. The Balaban J connectivity index is 1.94. The highest BCUT2D eigenvalue weighted by Gasteiger charge is 2.16. The highest BCUT2D eigenvalue weighted by Crippen LogP contribution is 2.29. The van der Waals surface area contributed by atoms with Gasteiger partial charge < -0.3 is 14.6 Å². The van der Waals surface area contributed by atoms with Gasteiger partial charge in [0.25, 0.3) is 5.91 Å². The summed E-state index contributed by atoms with van der Waals surface area (Å²) in [5.74, 6) is 0.380. The zero-order valence-corrected chi connectivity index (χ0v) is 13.1. The molecule has 108 valence electrons. The van der Waals surface area contributed by atoms with Crippen molar-refractivity contribution in [1.82, 2.24) is 4.57 Å². The van der Waals surface area contributed by atoms with E-state index in [2.05, 4.69) is 5.32 Å². The van der Waals surface area contributed by atoms with Gasteiger partial charge >= 0.3 is 0 Å². The lowest BCUT2D eigenvalue weighted by Gasteiger charge is -2.11. The van der Waals surface area contributed by atoms with Crippen LogP contribution >= 0.6 is 22.9 Å². The molecule has 0 saturated carbocycles. The van der Waals surface area contributed by atoms with Gasteiger partial charge in [-0.25, -0.2) is 0 Å². The van der Waals surface area contributed by atoms with E-state index in [-0.39, 0.29) is 5.91 Å². The second-order valence-corrected chi connectivity index (χ2v) is 5.94. The first-order chi connectivity index (χ1) is 10.1. The summed E-state index contributed by atoms with van der Waals surface area (Å²) in [5, 5.41) is 5.39. The molecule has 0 aliphatic heterocycles. The quantitative estimate of drug-likeness (QED) is 0.787. The fraction of sp³-hybridized carbons (Fsp3) is 0.133. The number of amides is 1. The summed E-state index contributed by atoms with van der Waals surface area (Å²) < 4.78 is 8.19. The lowest BCUT2D eigenvalue weighted by Crippen LogP contribution is -2.16. The molecule has 0 aliphatic rings. The molecule has 3 aromatic rings. The van der Waals surface area contributed by atoms with E-state index >= 15 is 0 Å². The number of fused-ring (bicyclic) bond motifs is 1. The molecular formula is C15H13ClN2O2S. The Morgan fingerprint density at radius 2 is 2.14 bits per heavy atom. The number of carbonyl (C=O) groups is 1. The molecule has 0 fully saturated rings. The molecule has 2 heterocycles. The number of hydrogen-bond donors (Lipinski definition) is 1. The average molecular weight is 321 g/mol. The average Bonchev–Trinajstić information content (AvgIpc) is 3.02. The van der Waals surface area contributed by atoms with Crippen molar-refractivity contribution in [3.63, 3.8) is 0 Å². The van der Waals surface area contributed by atoms with E-state index in [4.69, 9.17) is 16.3 Å². The van der Waals surface area contributed by atoms with Crippen LogP contribution in [0.4, 0.5) is 5.69 Å². The Morgan fingerprint density at radius 3 is 2.86 bits per heavy atom. The van der Waals surface area contributed by atoms with Gasteiger partial charge in [-0.1, -0.05) is 11.6 Å². The van der Waals surface area contributed by atoms with Crippen molar-refractivity contribution in [1.29, 1.82) is 0 Å². The van der Waals surface area contributed by atoms with Gasteiger partial charge in [0.2, 0.25) is 0 Å². The summed E-state index contributed by atoms with van der Waals surface area (Å²) in [6.45, 7) is 0. The Morgan fingerprint density at radius 1 is 1.33 bits per heavy atom. The minimum Gasteiger partial charge on any atom is -0.495 e. The van der Waals surface area contributed by atoms with Crippen LogP contribution in [0.1, 0.15) is 10.5 Å². The zero-order chi connectivity index (χ0) is 15.0. The SMILES string of the molecule is COc1ccc(Cl)cc1NC(=O)c1cc2sccc2n1C. The lowest BCUT2D eigenvalue weighted by molar-refractivity contribution is 0.101. The van der Waals surface area contributed by atoms with Crippen LogP contribution in [0.15, 0.2) is 35.7 Å². The van der Waals surface area contributed by atoms with Crippen molar-refractivity contribution < 1.29 is 9.53 Å². The van der Waals surface area contributed by atoms with Crippen LogP contribution in [0.2, 0.25) is 5.02 Å². The van der Waals surface area contributed by atoms with Crippen molar-refractivity contribution in [2.75, 3.05) is 12.4 Å². The Hall–Kier alpha value is -1.98. The first kappa shape index (κ1) is 14.0. The van der Waals surface area contributed by atoms with Crippen LogP contribution < -0.4 is 10.1 Å². The number of nitrogens with zero attached hydrogens (tertiary/aromatic N) is 1. The minimum atomic E-state index is -0.193. The topological polar surface area (TPSA) is 43.3 Å². The van der Waals surface area contributed by atoms with Gasteiger partial charge in [0.05, 0.1) is 23.0 Å². The fourth-order valence-corrected chi connectivity index (χ4v) is 3.25. The van der Waals surface area contributed by atoms with E-state index in [1.807, 2.05) is 29.1 Å². The van der Waals surface area contributed by atoms with Gasteiger partial charge in [-0.3, -0.25) is 4.79 Å². The standard InChI is InChI=1S/C15H13ClN2O2S/c1-18-11-5-6-21-14(11)8-12(18)15(19)17-10-7-9(16)3-4-13(10)20-2/h3-8H,1-2H3,(H,17,19). The summed E-state index contributed by atoms with van der Waals surface area (Å²) >= 11 is 7.58. The number of carbonyl (C=O) groups excluding carboxylic acids is 1. The molecule has 0 unspecified atom stereocenters. The van der Waals surface area contributed by atoms with Crippen LogP contribution in [-0.2, 0) is 7.05 Å². The number of halogens is 1. The van der Waals surface area contributed by atoms with E-state index < -0.39 is 0 Å². The highest BCUT2D eigenvalue weighted by molar-refractivity contribution is 7.17. The fourth-order valence-electron chi connectivity index (χ4n) is 2.23. The van der Waals surface area contributed by atoms with Gasteiger partial charge in [0.1, 0.15) is 11.4 Å². The van der Waals surface area contributed by atoms with E-state index in [9.17, 15) is 4.79 Å². The van der Waals surface area contributed by atoms with Crippen molar-refractivity contribution >= 4 is 44.7 Å². The first-order valence-electron chi connectivity index (χ1n) is 6.28. The van der Waals surface area contributed by atoms with Crippen LogP contribution in [0.5, 0.6) is 5.75 Å². The normalized spacial score (nSPS) is 10.8. The van der Waals surface area contributed by atoms with E-state index in [0.717, 1.165) is 10.2 Å². The van der Waals surface area contributed by atoms with Crippen LogP contribution in [0.3, 0.4) is 0 Å². The van der Waals surface area contributed by atoms with Gasteiger partial charge in [-0.05, 0) is 35.7 Å². The summed E-state index contributed by atoms with van der Waals surface area (Å²) in [4.78, 5) is 12.5. The molecular weight excluding hydrogens is 308 g/mol. The van der Waals surface area contributed by atoms with Crippen molar-refractivity contribution in [3.05, 3.63) is 46.4 Å². The predicted octanol–water partition coefficient (Wildman–Crippen LogP) is 4.15. The van der Waals surface area contributed by atoms with Crippen molar-refractivity contribution in [3.8, 4) is 5.75 Å². The molecule has 0 radical (unpaired) electrons. The Kier molecular flexibility index (Phi) is 3.61. The predicted molar refractivity (Wildman–Crippen MR) is 86.8 cm³/mol. The number of methoxy groups -OCH3 is 1. The van der Waals surface area contributed by atoms with Crippen molar-refractivity contribution in [2.45, 2.75) is 0 Å². The van der Waals surface area contributed by atoms with Crippen molar-refractivity contribution in [2.24, 2.45) is 7.05 Å². The van der Waals surface area contributed by atoms with E-state index in [1.54, 1.807) is 36.6 Å². The molecule has 1 aromatic carbocycles. The lowest BCUT2D eigenvalue weighted by atomic mass is 10.2. The molecule has 6 heteroatoms. The summed E-state index contributed by atoms with van der Waals surface area (Å²) in [5.41, 5.74) is 2.20. The van der Waals surface area contributed by atoms with Gasteiger partial charge in [0.15, 0.2) is 0 Å². The Bertz CT molecular complexity index is 822. The number of thiophene rings is 1. The number of hydrogen-bond acceptors (Lipinski definition) is 3. The molecule has 1 amide bonds. The minimum absolute atomic E-state index is 0.193. The highest BCUT2D eigenvalue weighted by atomic mass is 35.5. The molecule has 3 rings (SSSR count). The Labute approximate surface area is 130 Å². The second-order valence-electron chi connectivity index (χ2n) is 4.56. The van der Waals surface area contributed by atoms with Gasteiger partial charge in [-0.15, -0.1) is 11.3 Å². The summed E-state index contributed by atoms with van der Waals surface area (Å²) in [7, 11) is 3.43. The molecule has 0 bridgehead atoms. The number of aromatic nitrogens is 1. The number of nitrogens with one attached hydrogen (secondary N) is 1. The van der Waals surface area contributed by atoms with E-state index in [1.165, 1.54) is 0 Å². The molecule has 0 atom stereocenters. The van der Waals surface area contributed by atoms with Crippen LogP contribution in [-0.4, -0.2) is 17.6 Å². The number of rotatable bonds is 3. The largest absolute Gasteiger partial charge is 0.495 e. The number of anilines is 1. The maximum atomic E-state index is 12.5. The summed E-state index contributed by atoms with van der Waals surface area (Å²) in [6.07, 6.45) is 0. The number of benzene rings is 1. The molecule has 1 N–H and O–H groups in total. The molecule has 0 saturated heterocycles. The second kappa shape index (κ2) is 5.42. The van der Waals surface area contributed by atoms with Crippen LogP contribution in [0.25, 0.3) is 10.2 Å². The van der Waals surface area contributed by atoms with Gasteiger partial charge in [0, 0.05) is 12.1 Å². The molecule has 0 spiro atoms. The van der Waals surface area contributed by atoms with Crippen LogP contribution in [0, 0.1) is 0 Å². The molecule has 0 aliphatic carbocycles. The molecule has 4 nitrogen and oxygen atoms in total. The maximum Gasteiger partial charge on any atom is 0.272 e. The maximum absolute atomic E-state index is 12.5. The number of aryl methyl sites for hydroxylation is 1. The third-order valence-corrected chi connectivity index (χ3v) is 4.39. The zero-order valence-electron chi connectivity index (χ0n) is 11.5. The van der Waals surface area contributed by atoms with Gasteiger partial charge in [-0.2, -0.15) is 0 Å². The van der Waals surface area contributed by atoms with E-state index in [0.29, 0.717) is 22.2 Å². The first-order valence-corrected chi connectivity index (χ1v) is 7.53. The number of ether oxygens (including phenoxy) is 1. The summed E-state index contributed by atoms with van der Waals surface area (Å²) in [6, 6.07) is 8.99. The molecule has 2 aromatic heterocycles. The monoisotopic (exact) mass is 320 g/mol.